The molecule has 1 aromatic heterocycles. The number of alkyl halides is 2. The average molecular weight is 547 g/mol. The van der Waals surface area contributed by atoms with Crippen LogP contribution in [0.3, 0.4) is 0 Å². The van der Waals surface area contributed by atoms with Gasteiger partial charge in [0.1, 0.15) is 17.8 Å². The van der Waals surface area contributed by atoms with Crippen molar-refractivity contribution in [2.75, 3.05) is 11.6 Å². The van der Waals surface area contributed by atoms with E-state index in [4.69, 9.17) is 16.1 Å². The number of amides is 1. The summed E-state index contributed by atoms with van der Waals surface area (Å²) in [5.74, 6) is -0.906. The van der Waals surface area contributed by atoms with Crippen molar-refractivity contribution in [2.45, 2.75) is 42.7 Å². The summed E-state index contributed by atoms with van der Waals surface area (Å²) in [4.78, 5) is 12.8. The molecule has 8 nitrogen and oxygen atoms in total. The van der Waals surface area contributed by atoms with Gasteiger partial charge in [0.05, 0.1) is 32.4 Å². The third kappa shape index (κ3) is 4.88. The highest BCUT2D eigenvalue weighted by Gasteiger charge is 2.41. The van der Waals surface area contributed by atoms with Crippen molar-refractivity contribution < 1.29 is 36.2 Å². The summed E-state index contributed by atoms with van der Waals surface area (Å²) in [7, 11) is -4.98. The molecule has 0 saturated heterocycles. The van der Waals surface area contributed by atoms with Gasteiger partial charge in [0, 0.05) is 24.1 Å². The van der Waals surface area contributed by atoms with E-state index >= 15 is 0 Å². The number of rotatable bonds is 6. The first-order chi connectivity index (χ1) is 16.1. The topological polar surface area (TPSA) is 133 Å². The number of aryl methyl sites for hydroxylation is 2. The molecule has 2 aromatic carbocycles. The molecule has 1 amide bonds. The molecule has 35 heavy (non-hydrogen) atoms. The van der Waals surface area contributed by atoms with Crippen LogP contribution in [0.15, 0.2) is 38.6 Å². The van der Waals surface area contributed by atoms with Crippen molar-refractivity contribution in [3.05, 3.63) is 51.9 Å². The minimum Gasteiger partial charge on any atom is -0.612 e. The second-order valence-electron chi connectivity index (χ2n) is 7.83. The zero-order chi connectivity index (χ0) is 26.5. The lowest BCUT2D eigenvalue weighted by Gasteiger charge is -2.18. The van der Waals surface area contributed by atoms with E-state index < -0.39 is 42.8 Å². The van der Waals surface area contributed by atoms with Gasteiger partial charge in [-0.25, -0.2) is 8.42 Å². The van der Waals surface area contributed by atoms with Gasteiger partial charge in [-0.15, -0.1) is 0 Å². The molecule has 0 saturated carbocycles. The van der Waals surface area contributed by atoms with Gasteiger partial charge in [-0.3, -0.25) is 4.79 Å². The number of carbonyl (C=O) groups excluding carboxylic acids is 1. The molecule has 3 aromatic rings. The van der Waals surface area contributed by atoms with Crippen LogP contribution in [-0.2, 0) is 21.0 Å². The Labute approximate surface area is 208 Å². The number of carbonyl (C=O) groups is 1. The highest BCUT2D eigenvalue weighted by Crippen LogP contribution is 2.41. The van der Waals surface area contributed by atoms with Crippen molar-refractivity contribution in [3.8, 4) is 16.9 Å². The minimum atomic E-state index is -4.98. The van der Waals surface area contributed by atoms with Crippen molar-refractivity contribution in [2.24, 2.45) is 0 Å². The smallest absolute Gasteiger partial charge is 0.347 e. The number of anilines is 1. The van der Waals surface area contributed by atoms with E-state index in [1.54, 1.807) is 13.8 Å². The van der Waals surface area contributed by atoms with Gasteiger partial charge < -0.3 is 19.5 Å². The monoisotopic (exact) mass is 546 g/mol. The summed E-state index contributed by atoms with van der Waals surface area (Å²) < 4.78 is 68.5. The Bertz CT molecular complexity index is 1410. The maximum Gasteiger partial charge on any atom is 0.347 e. The molecule has 3 rings (SSSR count). The predicted molar refractivity (Wildman–Crippen MR) is 127 cm³/mol. The Kier molecular flexibility index (Phi) is 7.24. The van der Waals surface area contributed by atoms with Crippen LogP contribution < -0.4 is 5.32 Å². The third-order valence-electron chi connectivity index (χ3n) is 5.32. The van der Waals surface area contributed by atoms with Crippen LogP contribution in [0.2, 0.25) is 5.02 Å². The summed E-state index contributed by atoms with van der Waals surface area (Å²) in [6.45, 7) is 5.01. The normalized spacial score (nSPS) is 13.1. The molecule has 0 radical (unpaired) electrons. The molecule has 1 unspecified atom stereocenters. The number of nitrogens with one attached hydrogen (secondary N) is 1. The molecule has 188 valence electrons. The SMILES string of the molecule is Cc1noc(C)c1-c1cc([S+](C)[O-])c(C)c(C(=O)Nc2ccc(S(=O)(=O)C(C)(F)F)cc2Cl)c1O. The van der Waals surface area contributed by atoms with Crippen molar-refractivity contribution in [1.29, 1.82) is 0 Å². The Morgan fingerprint density at radius 2 is 1.89 bits per heavy atom. The lowest BCUT2D eigenvalue weighted by molar-refractivity contribution is 0.102. The highest BCUT2D eigenvalue weighted by atomic mass is 35.5. The van der Waals surface area contributed by atoms with E-state index in [1.807, 2.05) is 0 Å². The molecule has 0 aliphatic heterocycles. The van der Waals surface area contributed by atoms with Crippen LogP contribution in [-0.4, -0.2) is 40.7 Å². The third-order valence-corrected chi connectivity index (χ3v) is 8.50. The van der Waals surface area contributed by atoms with Crippen LogP contribution in [0.4, 0.5) is 14.5 Å². The van der Waals surface area contributed by atoms with Gasteiger partial charge in [-0.1, -0.05) is 16.8 Å². The van der Waals surface area contributed by atoms with Crippen LogP contribution in [0.25, 0.3) is 11.1 Å². The van der Waals surface area contributed by atoms with Gasteiger partial charge in [-0.2, -0.15) is 8.78 Å². The van der Waals surface area contributed by atoms with Gasteiger partial charge in [0.25, 0.3) is 5.91 Å². The number of hydrogen-bond acceptors (Lipinski definition) is 7. The fourth-order valence-electron chi connectivity index (χ4n) is 3.53. The second-order valence-corrected chi connectivity index (χ2v) is 11.8. The number of sulfone groups is 1. The van der Waals surface area contributed by atoms with Crippen LogP contribution in [0.1, 0.15) is 34.3 Å². The minimum absolute atomic E-state index is 0.0873. The number of benzene rings is 2. The zero-order valence-electron chi connectivity index (χ0n) is 19.2. The number of aromatic nitrogens is 1. The van der Waals surface area contributed by atoms with E-state index in [0.717, 1.165) is 18.2 Å². The van der Waals surface area contributed by atoms with Gasteiger partial charge >= 0.3 is 5.25 Å². The van der Waals surface area contributed by atoms with Crippen molar-refractivity contribution in [3.63, 3.8) is 0 Å². The fraction of sp³-hybridized carbons (Fsp3) is 0.273. The fourth-order valence-corrected chi connectivity index (χ4v) is 5.58. The molecule has 0 fully saturated rings. The molecule has 0 aliphatic carbocycles. The summed E-state index contributed by atoms with van der Waals surface area (Å²) in [6, 6.07) is 4.22. The lowest BCUT2D eigenvalue weighted by Crippen LogP contribution is -2.24. The summed E-state index contributed by atoms with van der Waals surface area (Å²) in [5.41, 5.74) is 0.985. The molecule has 1 heterocycles. The highest BCUT2D eigenvalue weighted by molar-refractivity contribution is 7.92. The number of phenolic OH excluding ortho intramolecular Hbond substituents is 1. The van der Waals surface area contributed by atoms with Gasteiger partial charge in [0.2, 0.25) is 9.84 Å². The number of aromatic hydroxyl groups is 1. The van der Waals surface area contributed by atoms with E-state index in [-0.39, 0.29) is 39.2 Å². The average Bonchev–Trinajstić information content (AvgIpc) is 3.06. The molecule has 1 atom stereocenters. The quantitative estimate of drug-likeness (QED) is 0.415. The molecule has 0 spiro atoms. The Morgan fingerprint density at radius 1 is 1.26 bits per heavy atom. The maximum atomic E-state index is 13.5. The first kappa shape index (κ1) is 26.9. The molecule has 0 bridgehead atoms. The predicted octanol–water partition coefficient (Wildman–Crippen LogP) is 5.00. The first-order valence-corrected chi connectivity index (χ1v) is 13.4. The van der Waals surface area contributed by atoms with E-state index in [1.165, 1.54) is 19.2 Å². The molecule has 0 aliphatic rings. The molecule has 2 N–H and O–H groups in total. The van der Waals surface area contributed by atoms with Crippen LogP contribution in [0.5, 0.6) is 5.75 Å². The number of nitrogens with zero attached hydrogens (tertiary/aromatic N) is 1. The van der Waals surface area contributed by atoms with Crippen molar-refractivity contribution in [1.82, 2.24) is 5.16 Å². The Morgan fingerprint density at radius 3 is 2.37 bits per heavy atom. The zero-order valence-corrected chi connectivity index (χ0v) is 21.6. The maximum absolute atomic E-state index is 13.5. The summed E-state index contributed by atoms with van der Waals surface area (Å²) >= 11 is 4.54. The van der Waals surface area contributed by atoms with E-state index in [9.17, 15) is 31.7 Å². The standard InChI is InChI=1S/C22H21ClF2N2O6S2/c1-10-17(34(5)30)9-14(19-11(2)27-33-12(19)3)20(28)18(10)21(29)26-16-7-6-13(8-15(16)23)35(31,32)22(4,24)25/h6-9,28H,1-5H3,(H,26,29). The van der Waals surface area contributed by atoms with Crippen LogP contribution >= 0.6 is 11.6 Å². The summed E-state index contributed by atoms with van der Waals surface area (Å²) in [5, 5.41) is 13.0. The number of hydrogen-bond donors (Lipinski definition) is 2. The second kappa shape index (κ2) is 9.41. The molecular formula is C22H21ClF2N2O6S2. The summed E-state index contributed by atoms with van der Waals surface area (Å²) in [6.07, 6.45) is 1.41. The Balaban J connectivity index is 2.10. The largest absolute Gasteiger partial charge is 0.612 e. The van der Waals surface area contributed by atoms with Crippen LogP contribution in [0, 0.1) is 20.8 Å². The van der Waals surface area contributed by atoms with E-state index in [0.29, 0.717) is 17.0 Å². The number of phenols is 1. The van der Waals surface area contributed by atoms with Gasteiger partial charge in [-0.05, 0) is 50.1 Å². The first-order valence-electron chi connectivity index (χ1n) is 9.94. The van der Waals surface area contributed by atoms with E-state index in [2.05, 4.69) is 10.5 Å². The Hall–Kier alpha value is -2.67. The molecule has 13 heteroatoms. The van der Waals surface area contributed by atoms with Gasteiger partial charge in [0.15, 0.2) is 4.90 Å². The lowest BCUT2D eigenvalue weighted by atomic mass is 9.96. The van der Waals surface area contributed by atoms with Crippen molar-refractivity contribution >= 4 is 44.2 Å². The number of halogens is 3. The molecular weight excluding hydrogens is 526 g/mol.